The third kappa shape index (κ3) is 6.04. The van der Waals surface area contributed by atoms with Crippen molar-refractivity contribution in [3.63, 3.8) is 0 Å². The smallest absolute Gasteiger partial charge is 0.430 e. The van der Waals surface area contributed by atoms with Gasteiger partial charge in [-0.1, -0.05) is 17.7 Å². The van der Waals surface area contributed by atoms with Crippen molar-refractivity contribution in [2.75, 3.05) is 19.8 Å². The quantitative estimate of drug-likeness (QED) is 0.202. The van der Waals surface area contributed by atoms with Crippen LogP contribution in [0.25, 0.3) is 0 Å². The van der Waals surface area contributed by atoms with E-state index in [-0.39, 0.29) is 0 Å². The summed E-state index contributed by atoms with van der Waals surface area (Å²) in [5.74, 6) is -2.29. The Morgan fingerprint density at radius 1 is 1.00 bits per heavy atom. The van der Waals surface area contributed by atoms with Crippen LogP contribution < -0.4 is 4.72 Å². The average molecular weight is 493 g/mol. The third-order valence-electron chi connectivity index (χ3n) is 3.54. The van der Waals surface area contributed by atoms with Crippen LogP contribution in [-0.4, -0.2) is 45.7 Å². The summed E-state index contributed by atoms with van der Waals surface area (Å²) in [6.45, 7) is 3.82. The molecule has 0 aliphatic heterocycles. The molecule has 0 saturated carbocycles. The second-order valence-corrected chi connectivity index (χ2v) is 9.45. The highest BCUT2D eigenvalue weighted by atomic mass is 32.2. The van der Waals surface area contributed by atoms with E-state index in [0.717, 1.165) is 23.8 Å². The van der Waals surface area contributed by atoms with Gasteiger partial charge >= 0.3 is 25.0 Å². The normalized spacial score (nSPS) is 14.8. The van der Waals surface area contributed by atoms with Crippen LogP contribution in [0.5, 0.6) is 0 Å². The molecule has 0 saturated heterocycles. The van der Waals surface area contributed by atoms with Crippen molar-refractivity contribution in [2.45, 2.75) is 44.0 Å². The highest BCUT2D eigenvalue weighted by Crippen LogP contribution is 2.65. The van der Waals surface area contributed by atoms with Gasteiger partial charge in [-0.15, -0.1) is 9.35 Å². The van der Waals surface area contributed by atoms with Crippen molar-refractivity contribution in [1.29, 1.82) is 0 Å². The van der Waals surface area contributed by atoms with Crippen molar-refractivity contribution < 1.29 is 54.8 Å². The van der Waals surface area contributed by atoms with Gasteiger partial charge in [-0.2, -0.15) is 17.9 Å². The molecule has 0 spiro atoms. The van der Waals surface area contributed by atoms with Gasteiger partial charge < -0.3 is 4.74 Å². The van der Waals surface area contributed by atoms with Gasteiger partial charge in [-0.05, 0) is 39.8 Å². The number of carbonyl (C=O) groups excluding carboxylic acids is 1. The van der Waals surface area contributed by atoms with E-state index < -0.39 is 59.8 Å². The second kappa shape index (κ2) is 10.9. The van der Waals surface area contributed by atoms with Crippen molar-refractivity contribution in [3.05, 3.63) is 29.8 Å². The van der Waals surface area contributed by atoms with Gasteiger partial charge in [0, 0.05) is 0 Å². The molecule has 1 unspecified atom stereocenters. The monoisotopic (exact) mass is 493 g/mol. The van der Waals surface area contributed by atoms with Crippen molar-refractivity contribution >= 4 is 23.6 Å². The van der Waals surface area contributed by atoms with Gasteiger partial charge in [0.25, 0.3) is 0 Å². The van der Waals surface area contributed by atoms with Gasteiger partial charge in [-0.25, -0.2) is 23.0 Å². The molecule has 0 fully saturated rings. The lowest BCUT2D eigenvalue weighted by atomic mass is 10.2. The lowest BCUT2D eigenvalue weighted by Crippen LogP contribution is -2.64. The van der Waals surface area contributed by atoms with E-state index in [2.05, 4.69) is 23.9 Å². The molecular formula is C16H23F3NO9PS. The number of ether oxygens (including phenoxy) is 1. The Kier molecular flexibility index (Phi) is 9.63. The summed E-state index contributed by atoms with van der Waals surface area (Å²) in [6.07, 6.45) is -5.89. The van der Waals surface area contributed by atoms with E-state index in [0.29, 0.717) is 5.56 Å². The summed E-state index contributed by atoms with van der Waals surface area (Å²) in [5, 5.41) is -4.55. The summed E-state index contributed by atoms with van der Waals surface area (Å²) in [4.78, 5) is 20.6. The summed E-state index contributed by atoms with van der Waals surface area (Å²) in [6, 6.07) is 4.59. The zero-order valence-electron chi connectivity index (χ0n) is 17.1. The standard InChI is InChI=1S/C16H23F3NO9PS/c1-5-25-14(21)15(16(17,18)19,30(22,28-26-6-2)29-27-7-3)20-31(23,24)13-10-8-12(4)9-11-13/h8-11,20H,5-7H2,1-4H3. The molecule has 15 heteroatoms. The molecule has 0 radical (unpaired) electrons. The zero-order chi connectivity index (χ0) is 23.9. The third-order valence-corrected chi connectivity index (χ3v) is 7.13. The van der Waals surface area contributed by atoms with Gasteiger partial charge in [-0.3, -0.25) is 4.57 Å². The molecule has 1 aromatic carbocycles. The van der Waals surface area contributed by atoms with Gasteiger partial charge in [0.05, 0.1) is 24.7 Å². The van der Waals surface area contributed by atoms with Crippen LogP contribution >= 0.6 is 7.60 Å². The summed E-state index contributed by atoms with van der Waals surface area (Å²) in [7, 11) is -11.1. The van der Waals surface area contributed by atoms with E-state index in [4.69, 9.17) is 0 Å². The first-order valence-corrected chi connectivity index (χ1v) is 11.9. The number of hydrogen-bond donors (Lipinski definition) is 1. The van der Waals surface area contributed by atoms with E-state index in [1.807, 2.05) is 0 Å². The number of nitrogens with one attached hydrogen (secondary N) is 1. The molecule has 1 atom stereocenters. The second-order valence-electron chi connectivity index (χ2n) is 5.81. The van der Waals surface area contributed by atoms with E-state index in [1.54, 1.807) is 6.92 Å². The van der Waals surface area contributed by atoms with E-state index in [1.165, 1.54) is 26.0 Å². The topological polar surface area (TPSA) is 126 Å². The predicted molar refractivity (Wildman–Crippen MR) is 99.9 cm³/mol. The summed E-state index contributed by atoms with van der Waals surface area (Å²) in [5.41, 5.74) is 0.608. The maximum atomic E-state index is 14.3. The van der Waals surface area contributed by atoms with Crippen molar-refractivity contribution in [1.82, 2.24) is 4.72 Å². The van der Waals surface area contributed by atoms with Crippen molar-refractivity contribution in [2.24, 2.45) is 0 Å². The molecule has 0 amide bonds. The van der Waals surface area contributed by atoms with Crippen LogP contribution in [0.1, 0.15) is 26.3 Å². The molecule has 0 heterocycles. The number of halogens is 3. The Morgan fingerprint density at radius 2 is 1.48 bits per heavy atom. The maximum absolute atomic E-state index is 14.3. The highest BCUT2D eigenvalue weighted by Gasteiger charge is 2.78. The van der Waals surface area contributed by atoms with E-state index >= 15 is 0 Å². The number of carbonyl (C=O) groups is 1. The SMILES string of the molecule is CCOOP(=O)(OOCC)C(NS(=O)(=O)c1ccc(C)cc1)(C(=O)OCC)C(F)(F)F. The van der Waals surface area contributed by atoms with Crippen LogP contribution in [0.3, 0.4) is 0 Å². The number of sulfonamides is 1. The number of aryl methyl sites for hydroxylation is 1. The minimum absolute atomic E-state index is 0.430. The van der Waals surface area contributed by atoms with Crippen molar-refractivity contribution in [3.8, 4) is 0 Å². The number of benzene rings is 1. The number of esters is 1. The van der Waals surface area contributed by atoms with Gasteiger partial charge in [0.1, 0.15) is 0 Å². The molecule has 0 bridgehead atoms. The molecule has 1 aromatic rings. The number of rotatable bonds is 12. The minimum Gasteiger partial charge on any atom is -0.464 e. The summed E-state index contributed by atoms with van der Waals surface area (Å²) >= 11 is 0. The molecule has 1 N–H and O–H groups in total. The molecule has 10 nitrogen and oxygen atoms in total. The molecule has 178 valence electrons. The molecule has 31 heavy (non-hydrogen) atoms. The molecule has 0 aromatic heterocycles. The number of hydrogen-bond acceptors (Lipinski definition) is 9. The fourth-order valence-electron chi connectivity index (χ4n) is 2.11. The van der Waals surface area contributed by atoms with Crippen LogP contribution in [-0.2, 0) is 43.2 Å². The van der Waals surface area contributed by atoms with Crippen LogP contribution in [0, 0.1) is 6.92 Å². The molecule has 0 aliphatic rings. The Balaban J connectivity index is 3.80. The fourth-order valence-corrected chi connectivity index (χ4v) is 5.46. The molecule has 0 aliphatic carbocycles. The Bertz CT molecular complexity index is 881. The Morgan fingerprint density at radius 3 is 1.87 bits per heavy atom. The highest BCUT2D eigenvalue weighted by molar-refractivity contribution is 7.90. The zero-order valence-corrected chi connectivity index (χ0v) is 18.8. The Hall–Kier alpha value is -1.54. The molecule has 1 rings (SSSR count). The predicted octanol–water partition coefficient (Wildman–Crippen LogP) is 3.22. The van der Waals surface area contributed by atoms with Crippen LogP contribution in [0.2, 0.25) is 0 Å². The fraction of sp³-hybridized carbons (Fsp3) is 0.562. The van der Waals surface area contributed by atoms with Crippen LogP contribution in [0.4, 0.5) is 13.2 Å². The molecular weight excluding hydrogens is 470 g/mol. The first-order chi connectivity index (χ1) is 14.3. The lowest BCUT2D eigenvalue weighted by Gasteiger charge is -2.36. The lowest BCUT2D eigenvalue weighted by molar-refractivity contribution is -0.278. The van der Waals surface area contributed by atoms with Gasteiger partial charge in [0.15, 0.2) is 0 Å². The average Bonchev–Trinajstić information content (AvgIpc) is 2.68. The summed E-state index contributed by atoms with van der Waals surface area (Å²) < 4.78 is 95.9. The first kappa shape index (κ1) is 27.5. The van der Waals surface area contributed by atoms with Crippen LogP contribution in [0.15, 0.2) is 29.2 Å². The van der Waals surface area contributed by atoms with Gasteiger partial charge in [0.2, 0.25) is 10.0 Å². The first-order valence-electron chi connectivity index (χ1n) is 8.88. The Labute approximate surface area is 177 Å². The minimum atomic E-state index is -5.96. The van der Waals surface area contributed by atoms with E-state index in [9.17, 15) is 30.9 Å². The number of alkyl halides is 3. The largest absolute Gasteiger partial charge is 0.464 e. The maximum Gasteiger partial charge on any atom is 0.430 e.